The van der Waals surface area contributed by atoms with Crippen LogP contribution in [0.3, 0.4) is 0 Å². The standard InChI is InChI=1S/C19H20ClN5O4S/c1-12(11-30(3,28)29)22-18(26)16-8-17(13-4-6-14(20)7-5-13)23-25(19(16)27)15-9-21-24(2)10-15/h4-10,12H,11H2,1-3H3,(H,22,26)/t12-/m0/s1. The fourth-order valence-corrected chi connectivity index (χ4v) is 4.03. The lowest BCUT2D eigenvalue weighted by atomic mass is 10.1. The van der Waals surface area contributed by atoms with E-state index in [0.717, 1.165) is 10.9 Å². The lowest BCUT2D eigenvalue weighted by Crippen LogP contribution is -2.40. The number of hydrogen-bond donors (Lipinski definition) is 1. The largest absolute Gasteiger partial charge is 0.348 e. The highest BCUT2D eigenvalue weighted by atomic mass is 35.5. The molecule has 1 atom stereocenters. The molecule has 0 fully saturated rings. The zero-order valence-corrected chi connectivity index (χ0v) is 18.1. The van der Waals surface area contributed by atoms with Crippen LogP contribution in [0.25, 0.3) is 16.9 Å². The summed E-state index contributed by atoms with van der Waals surface area (Å²) in [4.78, 5) is 25.8. The Morgan fingerprint density at radius 2 is 1.93 bits per heavy atom. The summed E-state index contributed by atoms with van der Waals surface area (Å²) in [6, 6.07) is 7.48. The smallest absolute Gasteiger partial charge is 0.284 e. The van der Waals surface area contributed by atoms with Gasteiger partial charge in [-0.2, -0.15) is 14.9 Å². The van der Waals surface area contributed by atoms with Gasteiger partial charge in [-0.3, -0.25) is 14.3 Å². The number of nitrogens with one attached hydrogen (secondary N) is 1. The molecule has 11 heteroatoms. The summed E-state index contributed by atoms with van der Waals surface area (Å²) in [5.74, 6) is -0.934. The van der Waals surface area contributed by atoms with E-state index in [1.165, 1.54) is 16.9 Å². The van der Waals surface area contributed by atoms with Crippen molar-refractivity contribution >= 4 is 27.3 Å². The van der Waals surface area contributed by atoms with Crippen molar-refractivity contribution in [3.05, 3.63) is 63.7 Å². The van der Waals surface area contributed by atoms with E-state index in [2.05, 4.69) is 15.5 Å². The number of aromatic nitrogens is 4. The van der Waals surface area contributed by atoms with Gasteiger partial charge < -0.3 is 5.32 Å². The van der Waals surface area contributed by atoms with Crippen LogP contribution in [0, 0.1) is 0 Å². The minimum Gasteiger partial charge on any atom is -0.348 e. The molecule has 0 unspecified atom stereocenters. The second-order valence-corrected chi connectivity index (χ2v) is 9.63. The highest BCUT2D eigenvalue weighted by Gasteiger charge is 2.21. The van der Waals surface area contributed by atoms with Gasteiger partial charge in [0, 0.05) is 29.9 Å². The van der Waals surface area contributed by atoms with E-state index in [-0.39, 0.29) is 11.3 Å². The summed E-state index contributed by atoms with van der Waals surface area (Å²) in [5, 5.41) is 11.5. The molecule has 0 aliphatic rings. The average Bonchev–Trinajstić information content (AvgIpc) is 3.07. The third kappa shape index (κ3) is 5.14. The Bertz CT molecular complexity index is 1250. The van der Waals surface area contributed by atoms with E-state index in [0.29, 0.717) is 22.0 Å². The highest BCUT2D eigenvalue weighted by molar-refractivity contribution is 7.90. The Hall–Kier alpha value is -2.98. The summed E-state index contributed by atoms with van der Waals surface area (Å²) < 4.78 is 25.6. The number of aryl methyl sites for hydroxylation is 1. The Morgan fingerprint density at radius 1 is 1.27 bits per heavy atom. The Labute approximate surface area is 178 Å². The maximum Gasteiger partial charge on any atom is 0.284 e. The molecular weight excluding hydrogens is 430 g/mol. The molecule has 3 rings (SSSR count). The molecule has 2 heterocycles. The molecule has 0 aliphatic carbocycles. The van der Waals surface area contributed by atoms with E-state index in [9.17, 15) is 18.0 Å². The lowest BCUT2D eigenvalue weighted by molar-refractivity contribution is 0.0941. The fraction of sp³-hybridized carbons (Fsp3) is 0.263. The quantitative estimate of drug-likeness (QED) is 0.608. The summed E-state index contributed by atoms with van der Waals surface area (Å²) in [6.45, 7) is 1.56. The summed E-state index contributed by atoms with van der Waals surface area (Å²) in [7, 11) is -1.61. The number of amides is 1. The van der Waals surface area contributed by atoms with Crippen molar-refractivity contribution in [1.82, 2.24) is 24.9 Å². The summed E-state index contributed by atoms with van der Waals surface area (Å²) in [5.41, 5.74) is 0.590. The number of carbonyl (C=O) groups excluding carboxylic acids is 1. The molecule has 2 aromatic heterocycles. The van der Waals surface area contributed by atoms with Crippen LogP contribution in [0.2, 0.25) is 5.02 Å². The van der Waals surface area contributed by atoms with Gasteiger partial charge in [0.1, 0.15) is 21.1 Å². The second kappa shape index (κ2) is 8.41. The maximum absolute atomic E-state index is 13.0. The monoisotopic (exact) mass is 449 g/mol. The van der Waals surface area contributed by atoms with Crippen molar-refractivity contribution in [2.24, 2.45) is 7.05 Å². The second-order valence-electron chi connectivity index (χ2n) is 7.01. The number of sulfone groups is 1. The van der Waals surface area contributed by atoms with Crippen LogP contribution in [-0.4, -0.2) is 51.9 Å². The molecule has 0 aliphatic heterocycles. The van der Waals surface area contributed by atoms with Crippen molar-refractivity contribution in [2.45, 2.75) is 13.0 Å². The first-order chi connectivity index (χ1) is 14.0. The van der Waals surface area contributed by atoms with Crippen LogP contribution in [0.15, 0.2) is 47.5 Å². The number of nitrogens with zero attached hydrogens (tertiary/aromatic N) is 4. The van der Waals surface area contributed by atoms with Gasteiger partial charge in [-0.25, -0.2) is 8.42 Å². The van der Waals surface area contributed by atoms with Crippen LogP contribution in [-0.2, 0) is 16.9 Å². The zero-order chi connectivity index (χ0) is 22.1. The molecule has 9 nitrogen and oxygen atoms in total. The minimum atomic E-state index is -3.30. The van der Waals surface area contributed by atoms with Crippen LogP contribution in [0.5, 0.6) is 0 Å². The SMILES string of the molecule is C[C@@H](CS(C)(=O)=O)NC(=O)c1cc(-c2ccc(Cl)cc2)nn(-c2cnn(C)c2)c1=O. The molecule has 1 aromatic carbocycles. The number of rotatable bonds is 6. The fourth-order valence-electron chi connectivity index (χ4n) is 2.91. The van der Waals surface area contributed by atoms with Gasteiger partial charge in [-0.05, 0) is 25.1 Å². The molecule has 0 saturated carbocycles. The summed E-state index contributed by atoms with van der Waals surface area (Å²) in [6.07, 6.45) is 4.12. The van der Waals surface area contributed by atoms with Gasteiger partial charge in [0.15, 0.2) is 0 Å². The number of halogens is 1. The molecule has 0 spiro atoms. The Balaban J connectivity index is 2.09. The molecular formula is C19H20ClN5O4S. The van der Waals surface area contributed by atoms with Crippen LogP contribution < -0.4 is 10.9 Å². The molecule has 0 saturated heterocycles. The molecule has 0 bridgehead atoms. The minimum absolute atomic E-state index is 0.167. The van der Waals surface area contributed by atoms with E-state index >= 15 is 0 Å². The third-order valence-corrected chi connectivity index (χ3v) is 5.52. The van der Waals surface area contributed by atoms with Gasteiger partial charge in [0.2, 0.25) is 0 Å². The number of benzene rings is 1. The lowest BCUT2D eigenvalue weighted by Gasteiger charge is -2.14. The van der Waals surface area contributed by atoms with Crippen molar-refractivity contribution < 1.29 is 13.2 Å². The average molecular weight is 450 g/mol. The van der Waals surface area contributed by atoms with Crippen LogP contribution in [0.4, 0.5) is 0 Å². The van der Waals surface area contributed by atoms with E-state index in [4.69, 9.17) is 11.6 Å². The molecule has 158 valence electrons. The van der Waals surface area contributed by atoms with Gasteiger partial charge >= 0.3 is 0 Å². The van der Waals surface area contributed by atoms with E-state index in [1.54, 1.807) is 44.4 Å². The summed E-state index contributed by atoms with van der Waals surface area (Å²) >= 11 is 5.95. The first kappa shape index (κ1) is 21.7. The van der Waals surface area contributed by atoms with Gasteiger partial charge in [-0.1, -0.05) is 23.7 Å². The number of carbonyl (C=O) groups is 1. The van der Waals surface area contributed by atoms with E-state index in [1.807, 2.05) is 0 Å². The Kier molecular flexibility index (Phi) is 6.09. The van der Waals surface area contributed by atoms with Crippen molar-refractivity contribution in [3.8, 4) is 16.9 Å². The van der Waals surface area contributed by atoms with Gasteiger partial charge in [0.25, 0.3) is 11.5 Å². The first-order valence-electron chi connectivity index (χ1n) is 8.91. The third-order valence-electron chi connectivity index (χ3n) is 4.16. The van der Waals surface area contributed by atoms with Gasteiger partial charge in [-0.15, -0.1) is 0 Å². The van der Waals surface area contributed by atoms with Crippen molar-refractivity contribution in [3.63, 3.8) is 0 Å². The van der Waals surface area contributed by atoms with Crippen LogP contribution in [0.1, 0.15) is 17.3 Å². The van der Waals surface area contributed by atoms with Crippen molar-refractivity contribution in [1.29, 1.82) is 0 Å². The molecule has 1 N–H and O–H groups in total. The normalized spacial score (nSPS) is 12.5. The predicted molar refractivity (Wildman–Crippen MR) is 114 cm³/mol. The highest BCUT2D eigenvalue weighted by Crippen LogP contribution is 2.20. The topological polar surface area (TPSA) is 116 Å². The van der Waals surface area contributed by atoms with Gasteiger partial charge in [0.05, 0.1) is 23.8 Å². The number of hydrogen-bond acceptors (Lipinski definition) is 6. The van der Waals surface area contributed by atoms with E-state index < -0.39 is 27.3 Å². The zero-order valence-electron chi connectivity index (χ0n) is 16.5. The maximum atomic E-state index is 13.0. The molecule has 1 amide bonds. The Morgan fingerprint density at radius 3 is 2.50 bits per heavy atom. The molecule has 30 heavy (non-hydrogen) atoms. The van der Waals surface area contributed by atoms with Crippen molar-refractivity contribution in [2.75, 3.05) is 12.0 Å². The predicted octanol–water partition coefficient (Wildman–Crippen LogP) is 1.45. The van der Waals surface area contributed by atoms with Crippen LogP contribution >= 0.6 is 11.6 Å². The molecule has 0 radical (unpaired) electrons. The first-order valence-corrected chi connectivity index (χ1v) is 11.4. The molecule has 3 aromatic rings.